The van der Waals surface area contributed by atoms with E-state index in [4.69, 9.17) is 4.74 Å². The molecule has 0 saturated heterocycles. The lowest BCUT2D eigenvalue weighted by Crippen LogP contribution is -2.20. The molecular formula is C16H19BrN2O3S. The Morgan fingerprint density at radius 3 is 2.78 bits per heavy atom. The molecule has 0 aliphatic carbocycles. The number of hydrogen-bond acceptors (Lipinski definition) is 4. The minimum atomic E-state index is -0.252. The maximum absolute atomic E-state index is 12.0. The molecule has 0 aliphatic heterocycles. The highest BCUT2D eigenvalue weighted by Crippen LogP contribution is 2.22. The zero-order chi connectivity index (χ0) is 17.0. The lowest BCUT2D eigenvalue weighted by Gasteiger charge is -2.05. The summed E-state index contributed by atoms with van der Waals surface area (Å²) >= 11 is 4.89. The number of thiazole rings is 1. The lowest BCUT2D eigenvalue weighted by atomic mass is 10.2. The van der Waals surface area contributed by atoms with Crippen molar-refractivity contribution in [1.29, 1.82) is 0 Å². The van der Waals surface area contributed by atoms with Gasteiger partial charge in [-0.05, 0) is 25.1 Å². The fourth-order valence-corrected chi connectivity index (χ4v) is 3.62. The Hall–Kier alpha value is -1.47. The lowest BCUT2D eigenvalue weighted by molar-refractivity contribution is -0.143. The zero-order valence-corrected chi connectivity index (χ0v) is 15.7. The van der Waals surface area contributed by atoms with Gasteiger partial charge in [0.25, 0.3) is 5.91 Å². The Bertz CT molecular complexity index is 792. The fourth-order valence-electron chi connectivity index (χ4n) is 2.01. The summed E-state index contributed by atoms with van der Waals surface area (Å²) in [5.74, 6) is -0.580. The first-order valence-electron chi connectivity index (χ1n) is 7.45. The largest absolute Gasteiger partial charge is 0.466 e. The van der Waals surface area contributed by atoms with Gasteiger partial charge < -0.3 is 9.30 Å². The van der Waals surface area contributed by atoms with Gasteiger partial charge in [-0.1, -0.05) is 41.1 Å². The van der Waals surface area contributed by atoms with E-state index in [0.29, 0.717) is 18.0 Å². The SMILES string of the molecule is CCOC(=O)CCn1c(=NC(=O)C(C)C)sc2cc(Br)ccc21. The number of halogens is 1. The molecule has 23 heavy (non-hydrogen) atoms. The molecule has 124 valence electrons. The topological polar surface area (TPSA) is 60.7 Å². The van der Waals surface area contributed by atoms with Crippen molar-refractivity contribution in [3.05, 3.63) is 27.5 Å². The van der Waals surface area contributed by atoms with Crippen molar-refractivity contribution in [2.75, 3.05) is 6.61 Å². The summed E-state index contributed by atoms with van der Waals surface area (Å²) < 4.78 is 8.86. The number of carbonyl (C=O) groups excluding carboxylic acids is 2. The van der Waals surface area contributed by atoms with Crippen LogP contribution in [0, 0.1) is 5.92 Å². The van der Waals surface area contributed by atoms with Crippen LogP contribution in [0.3, 0.4) is 0 Å². The standard InChI is InChI=1S/C16H19BrN2O3S/c1-4-22-14(20)7-8-19-12-6-5-11(17)9-13(12)23-16(19)18-15(21)10(2)3/h5-6,9-10H,4,7-8H2,1-3H3. The number of nitrogens with zero attached hydrogens (tertiary/aromatic N) is 2. The van der Waals surface area contributed by atoms with Crippen molar-refractivity contribution >= 4 is 49.4 Å². The molecule has 1 aromatic carbocycles. The van der Waals surface area contributed by atoms with E-state index in [1.807, 2.05) is 36.6 Å². The number of fused-ring (bicyclic) bond motifs is 1. The second kappa shape index (κ2) is 7.88. The number of esters is 1. The molecule has 0 unspecified atom stereocenters. The van der Waals surface area contributed by atoms with Crippen LogP contribution in [0.15, 0.2) is 27.7 Å². The third kappa shape index (κ3) is 4.51. The number of ether oxygens (including phenoxy) is 1. The molecule has 0 N–H and O–H groups in total. The van der Waals surface area contributed by atoms with E-state index in [1.54, 1.807) is 6.92 Å². The molecular weight excluding hydrogens is 380 g/mol. The van der Waals surface area contributed by atoms with Gasteiger partial charge in [0.05, 0.1) is 23.2 Å². The van der Waals surface area contributed by atoms with Crippen LogP contribution in [0.5, 0.6) is 0 Å². The van der Waals surface area contributed by atoms with Gasteiger partial charge in [-0.15, -0.1) is 0 Å². The summed E-state index contributed by atoms with van der Waals surface area (Å²) in [6, 6.07) is 5.88. The number of hydrogen-bond donors (Lipinski definition) is 0. The van der Waals surface area contributed by atoms with Crippen LogP contribution >= 0.6 is 27.3 Å². The summed E-state index contributed by atoms with van der Waals surface area (Å²) in [6.07, 6.45) is 0.249. The van der Waals surface area contributed by atoms with E-state index >= 15 is 0 Å². The molecule has 2 rings (SSSR count). The van der Waals surface area contributed by atoms with Crippen molar-refractivity contribution in [1.82, 2.24) is 4.57 Å². The molecule has 0 saturated carbocycles. The monoisotopic (exact) mass is 398 g/mol. The van der Waals surface area contributed by atoms with Crippen LogP contribution in [0.4, 0.5) is 0 Å². The summed E-state index contributed by atoms with van der Waals surface area (Å²) in [7, 11) is 0. The van der Waals surface area contributed by atoms with Crippen LogP contribution in [0.2, 0.25) is 0 Å². The maximum atomic E-state index is 12.0. The predicted octanol–water partition coefficient (Wildman–Crippen LogP) is 3.50. The quantitative estimate of drug-likeness (QED) is 0.723. The van der Waals surface area contributed by atoms with E-state index in [-0.39, 0.29) is 24.2 Å². The molecule has 0 atom stereocenters. The molecule has 7 heteroatoms. The molecule has 1 aromatic heterocycles. The highest BCUT2D eigenvalue weighted by atomic mass is 79.9. The van der Waals surface area contributed by atoms with Crippen LogP contribution < -0.4 is 4.80 Å². The minimum Gasteiger partial charge on any atom is -0.466 e. The third-order valence-corrected chi connectivity index (χ3v) is 4.72. The third-order valence-electron chi connectivity index (χ3n) is 3.19. The minimum absolute atomic E-state index is 0.162. The van der Waals surface area contributed by atoms with Crippen molar-refractivity contribution in [3.63, 3.8) is 0 Å². The summed E-state index contributed by atoms with van der Waals surface area (Å²) in [4.78, 5) is 28.4. The van der Waals surface area contributed by atoms with Gasteiger partial charge in [0, 0.05) is 16.9 Å². The van der Waals surface area contributed by atoms with Crippen molar-refractivity contribution < 1.29 is 14.3 Å². The molecule has 0 bridgehead atoms. The number of rotatable bonds is 5. The first-order chi connectivity index (χ1) is 10.9. The summed E-state index contributed by atoms with van der Waals surface area (Å²) in [5.41, 5.74) is 0.956. The van der Waals surface area contributed by atoms with Crippen molar-refractivity contribution in [2.24, 2.45) is 10.9 Å². The van der Waals surface area contributed by atoms with Gasteiger partial charge in [-0.25, -0.2) is 0 Å². The Kier molecular flexibility index (Phi) is 6.12. The van der Waals surface area contributed by atoms with Crippen molar-refractivity contribution in [3.8, 4) is 0 Å². The van der Waals surface area contributed by atoms with E-state index in [9.17, 15) is 9.59 Å². The maximum Gasteiger partial charge on any atom is 0.307 e. The zero-order valence-electron chi connectivity index (χ0n) is 13.3. The smallest absolute Gasteiger partial charge is 0.307 e. The Morgan fingerprint density at radius 1 is 1.39 bits per heavy atom. The van der Waals surface area contributed by atoms with Crippen LogP contribution in [-0.4, -0.2) is 23.1 Å². The van der Waals surface area contributed by atoms with Gasteiger partial charge in [0.1, 0.15) is 0 Å². The second-order valence-corrected chi connectivity index (χ2v) is 7.23. The van der Waals surface area contributed by atoms with Gasteiger partial charge in [-0.2, -0.15) is 4.99 Å². The molecule has 0 fully saturated rings. The molecule has 0 aliphatic rings. The number of benzene rings is 1. The number of amides is 1. The predicted molar refractivity (Wildman–Crippen MR) is 94.2 cm³/mol. The molecule has 0 radical (unpaired) electrons. The van der Waals surface area contributed by atoms with Crippen LogP contribution in [-0.2, 0) is 20.9 Å². The highest BCUT2D eigenvalue weighted by Gasteiger charge is 2.12. The molecule has 2 aromatic rings. The number of aromatic nitrogens is 1. The van der Waals surface area contributed by atoms with Gasteiger partial charge >= 0.3 is 5.97 Å². The van der Waals surface area contributed by atoms with Crippen LogP contribution in [0.1, 0.15) is 27.2 Å². The van der Waals surface area contributed by atoms with Gasteiger partial charge in [0.15, 0.2) is 4.80 Å². The van der Waals surface area contributed by atoms with E-state index in [0.717, 1.165) is 14.7 Å². The van der Waals surface area contributed by atoms with Gasteiger partial charge in [0.2, 0.25) is 0 Å². The van der Waals surface area contributed by atoms with E-state index in [1.165, 1.54) is 11.3 Å². The Morgan fingerprint density at radius 2 is 2.13 bits per heavy atom. The van der Waals surface area contributed by atoms with Gasteiger partial charge in [-0.3, -0.25) is 9.59 Å². The molecule has 0 spiro atoms. The molecule has 5 nitrogen and oxygen atoms in total. The first-order valence-corrected chi connectivity index (χ1v) is 9.06. The Labute approximate surface area is 147 Å². The van der Waals surface area contributed by atoms with E-state index in [2.05, 4.69) is 20.9 Å². The average molecular weight is 399 g/mol. The number of carbonyl (C=O) groups is 2. The summed E-state index contributed by atoms with van der Waals surface area (Å²) in [5, 5.41) is 0. The molecule has 1 amide bonds. The number of aryl methyl sites for hydroxylation is 1. The fraction of sp³-hybridized carbons (Fsp3) is 0.438. The normalized spacial score (nSPS) is 12.1. The highest BCUT2D eigenvalue weighted by molar-refractivity contribution is 9.10. The Balaban J connectivity index is 2.45. The van der Waals surface area contributed by atoms with Crippen molar-refractivity contribution in [2.45, 2.75) is 33.7 Å². The van der Waals surface area contributed by atoms with Crippen LogP contribution in [0.25, 0.3) is 10.2 Å². The van der Waals surface area contributed by atoms with E-state index < -0.39 is 0 Å². The molecule has 1 heterocycles. The average Bonchev–Trinajstić information content (AvgIpc) is 2.81. The summed E-state index contributed by atoms with van der Waals surface area (Å²) in [6.45, 7) is 6.22. The first kappa shape index (κ1) is 17.9. The second-order valence-electron chi connectivity index (χ2n) is 5.31.